The Morgan fingerprint density at radius 1 is 1.14 bits per heavy atom. The average Bonchev–Trinajstić information content (AvgIpc) is 3.09. The molecule has 0 fully saturated rings. The van der Waals surface area contributed by atoms with Gasteiger partial charge in [-0.15, -0.1) is 24.0 Å². The topological polar surface area (TPSA) is 71.7 Å². The number of ether oxygens (including phenoxy) is 1. The molecule has 156 valence electrons. The van der Waals surface area contributed by atoms with Crippen LogP contribution in [0.4, 0.5) is 0 Å². The second-order valence-electron chi connectivity index (χ2n) is 6.04. The molecule has 0 spiro atoms. The first-order valence-electron chi connectivity index (χ1n) is 9.48. The van der Waals surface area contributed by atoms with Gasteiger partial charge in [-0.25, -0.2) is 4.99 Å². The summed E-state index contributed by atoms with van der Waals surface area (Å²) in [6, 6.07) is 7.68. The lowest BCUT2D eigenvalue weighted by molar-refractivity contribution is 0.125. The number of nitrogens with zero attached hydrogens (tertiary/aromatic N) is 2. The Balaban J connectivity index is 0.00000392. The SMILES string of the molecule is CCNC(=NCc1c(CC)noc1CC)NCCOCc1ccc(Cl)cc1.I. The van der Waals surface area contributed by atoms with Crippen molar-refractivity contribution in [1.82, 2.24) is 15.8 Å². The molecule has 1 aromatic heterocycles. The fourth-order valence-electron chi connectivity index (χ4n) is 2.63. The van der Waals surface area contributed by atoms with Crippen molar-refractivity contribution in [1.29, 1.82) is 0 Å². The van der Waals surface area contributed by atoms with Crippen LogP contribution in [-0.2, 0) is 30.7 Å². The van der Waals surface area contributed by atoms with Gasteiger partial charge in [0, 0.05) is 30.1 Å². The summed E-state index contributed by atoms with van der Waals surface area (Å²) in [5.41, 5.74) is 3.18. The molecule has 0 aliphatic heterocycles. The third kappa shape index (κ3) is 7.97. The van der Waals surface area contributed by atoms with E-state index in [9.17, 15) is 0 Å². The lowest BCUT2D eigenvalue weighted by Crippen LogP contribution is -2.39. The summed E-state index contributed by atoms with van der Waals surface area (Å²) < 4.78 is 11.1. The van der Waals surface area contributed by atoms with Crippen LogP contribution in [0, 0.1) is 0 Å². The molecule has 8 heteroatoms. The molecule has 0 amide bonds. The summed E-state index contributed by atoms with van der Waals surface area (Å²) in [6.45, 7) is 9.35. The number of aryl methyl sites for hydroxylation is 2. The van der Waals surface area contributed by atoms with Crippen molar-refractivity contribution in [3.8, 4) is 0 Å². The minimum Gasteiger partial charge on any atom is -0.375 e. The molecular weight excluding hydrogens is 491 g/mol. The minimum atomic E-state index is 0. The molecule has 0 saturated heterocycles. The third-order valence-electron chi connectivity index (χ3n) is 4.07. The number of benzene rings is 1. The molecule has 0 radical (unpaired) electrons. The molecule has 1 heterocycles. The summed E-state index contributed by atoms with van der Waals surface area (Å²) in [7, 11) is 0. The number of aromatic nitrogens is 1. The number of halogens is 2. The highest BCUT2D eigenvalue weighted by molar-refractivity contribution is 14.0. The highest BCUT2D eigenvalue weighted by Crippen LogP contribution is 2.16. The van der Waals surface area contributed by atoms with Crippen LogP contribution in [0.2, 0.25) is 5.02 Å². The van der Waals surface area contributed by atoms with E-state index in [-0.39, 0.29) is 24.0 Å². The van der Waals surface area contributed by atoms with Crippen molar-refractivity contribution >= 4 is 41.5 Å². The molecule has 0 aliphatic carbocycles. The normalized spacial score (nSPS) is 11.2. The summed E-state index contributed by atoms with van der Waals surface area (Å²) in [4.78, 5) is 4.66. The van der Waals surface area contributed by atoms with Crippen molar-refractivity contribution in [3.63, 3.8) is 0 Å². The molecule has 0 atom stereocenters. The van der Waals surface area contributed by atoms with Crippen LogP contribution in [0.15, 0.2) is 33.8 Å². The Kier molecular flexibility index (Phi) is 12.2. The van der Waals surface area contributed by atoms with E-state index in [0.717, 1.165) is 52.9 Å². The van der Waals surface area contributed by atoms with E-state index in [0.29, 0.717) is 26.3 Å². The molecule has 2 aromatic rings. The Morgan fingerprint density at radius 2 is 1.89 bits per heavy atom. The molecule has 2 rings (SSSR count). The van der Waals surface area contributed by atoms with Gasteiger partial charge in [0.05, 0.1) is 25.5 Å². The van der Waals surface area contributed by atoms with Crippen LogP contribution in [0.5, 0.6) is 0 Å². The zero-order chi connectivity index (χ0) is 19.5. The van der Waals surface area contributed by atoms with Gasteiger partial charge in [-0.1, -0.05) is 42.7 Å². The van der Waals surface area contributed by atoms with Gasteiger partial charge in [-0.05, 0) is 31.0 Å². The fourth-order valence-corrected chi connectivity index (χ4v) is 2.75. The summed E-state index contributed by atoms with van der Waals surface area (Å²) in [6.07, 6.45) is 1.66. The molecule has 0 aliphatic rings. The van der Waals surface area contributed by atoms with E-state index in [1.54, 1.807) is 0 Å². The first-order valence-corrected chi connectivity index (χ1v) is 9.86. The third-order valence-corrected chi connectivity index (χ3v) is 4.32. The summed E-state index contributed by atoms with van der Waals surface area (Å²) >= 11 is 5.88. The van der Waals surface area contributed by atoms with E-state index in [2.05, 4.69) is 34.6 Å². The van der Waals surface area contributed by atoms with Gasteiger partial charge in [0.15, 0.2) is 5.96 Å². The van der Waals surface area contributed by atoms with Crippen molar-refractivity contribution in [2.75, 3.05) is 19.7 Å². The monoisotopic (exact) mass is 520 g/mol. The van der Waals surface area contributed by atoms with Gasteiger partial charge >= 0.3 is 0 Å². The van der Waals surface area contributed by atoms with Crippen LogP contribution in [-0.4, -0.2) is 30.8 Å². The Labute approximate surface area is 189 Å². The summed E-state index contributed by atoms with van der Waals surface area (Å²) in [5, 5.41) is 11.4. The molecule has 1 aromatic carbocycles. The number of rotatable bonds is 10. The average molecular weight is 521 g/mol. The lowest BCUT2D eigenvalue weighted by atomic mass is 10.1. The van der Waals surface area contributed by atoms with Gasteiger partial charge in [-0.2, -0.15) is 0 Å². The Morgan fingerprint density at radius 3 is 2.54 bits per heavy atom. The largest absolute Gasteiger partial charge is 0.375 e. The molecule has 2 N–H and O–H groups in total. The van der Waals surface area contributed by atoms with E-state index >= 15 is 0 Å². The number of nitrogens with one attached hydrogen (secondary N) is 2. The lowest BCUT2D eigenvalue weighted by Gasteiger charge is -2.12. The zero-order valence-electron chi connectivity index (χ0n) is 16.8. The molecule has 28 heavy (non-hydrogen) atoms. The zero-order valence-corrected chi connectivity index (χ0v) is 19.8. The predicted octanol–water partition coefficient (Wildman–Crippen LogP) is 4.34. The van der Waals surface area contributed by atoms with Crippen LogP contribution < -0.4 is 10.6 Å². The van der Waals surface area contributed by atoms with Crippen LogP contribution >= 0.6 is 35.6 Å². The smallest absolute Gasteiger partial charge is 0.191 e. The van der Waals surface area contributed by atoms with Gasteiger partial charge in [0.25, 0.3) is 0 Å². The first kappa shape index (κ1) is 24.7. The molecular formula is C20H30ClIN4O2. The Bertz CT molecular complexity index is 698. The van der Waals surface area contributed by atoms with Crippen LogP contribution in [0.1, 0.15) is 43.4 Å². The maximum atomic E-state index is 5.88. The maximum Gasteiger partial charge on any atom is 0.191 e. The van der Waals surface area contributed by atoms with Crippen molar-refractivity contribution in [2.24, 2.45) is 4.99 Å². The van der Waals surface area contributed by atoms with Gasteiger partial charge in [0.2, 0.25) is 0 Å². The molecule has 0 saturated carbocycles. The Hall–Kier alpha value is -1.32. The van der Waals surface area contributed by atoms with Crippen LogP contribution in [0.25, 0.3) is 0 Å². The number of guanidine groups is 1. The number of aliphatic imine (C=N–C) groups is 1. The van der Waals surface area contributed by atoms with Gasteiger partial charge < -0.3 is 19.9 Å². The van der Waals surface area contributed by atoms with Gasteiger partial charge in [0.1, 0.15) is 5.76 Å². The first-order chi connectivity index (χ1) is 13.2. The van der Waals surface area contributed by atoms with E-state index < -0.39 is 0 Å². The second kappa shape index (κ2) is 13.8. The second-order valence-corrected chi connectivity index (χ2v) is 6.48. The quantitative estimate of drug-likeness (QED) is 0.211. The van der Waals surface area contributed by atoms with E-state index in [1.807, 2.05) is 31.2 Å². The minimum absolute atomic E-state index is 0. The highest BCUT2D eigenvalue weighted by atomic mass is 127. The predicted molar refractivity (Wildman–Crippen MR) is 125 cm³/mol. The van der Waals surface area contributed by atoms with E-state index in [4.69, 9.17) is 20.9 Å². The summed E-state index contributed by atoms with van der Waals surface area (Å²) in [5.74, 6) is 1.68. The van der Waals surface area contributed by atoms with E-state index in [1.165, 1.54) is 0 Å². The van der Waals surface area contributed by atoms with Crippen molar-refractivity contribution in [2.45, 2.75) is 46.8 Å². The van der Waals surface area contributed by atoms with Crippen molar-refractivity contribution in [3.05, 3.63) is 51.9 Å². The standard InChI is InChI=1S/C20H29ClN4O2.HI/c1-4-18-17(19(5-2)27-25-18)13-24-20(22-6-3)23-11-12-26-14-15-7-9-16(21)10-8-15;/h7-10H,4-6,11-14H2,1-3H3,(H2,22,23,24);1H. The van der Waals surface area contributed by atoms with Gasteiger partial charge in [-0.3, -0.25) is 0 Å². The highest BCUT2D eigenvalue weighted by Gasteiger charge is 2.13. The number of hydrogen-bond acceptors (Lipinski definition) is 4. The maximum absolute atomic E-state index is 5.88. The molecule has 6 nitrogen and oxygen atoms in total. The molecule has 0 bridgehead atoms. The molecule has 0 unspecified atom stereocenters. The number of hydrogen-bond donors (Lipinski definition) is 2. The fraction of sp³-hybridized carbons (Fsp3) is 0.500. The van der Waals surface area contributed by atoms with Crippen LogP contribution in [0.3, 0.4) is 0 Å². The van der Waals surface area contributed by atoms with Crippen molar-refractivity contribution < 1.29 is 9.26 Å².